The zero-order valence-corrected chi connectivity index (χ0v) is 11.1. The molecule has 2 aromatic rings. The summed E-state index contributed by atoms with van der Waals surface area (Å²) in [6, 6.07) is 3.53. The van der Waals surface area contributed by atoms with E-state index in [0.29, 0.717) is 16.9 Å². The van der Waals surface area contributed by atoms with Crippen LogP contribution in [0.4, 0.5) is 4.39 Å². The molecule has 0 saturated heterocycles. The highest BCUT2D eigenvalue weighted by molar-refractivity contribution is 7.71. The summed E-state index contributed by atoms with van der Waals surface area (Å²) >= 11 is 5.01. The Balaban J connectivity index is 1.78. The van der Waals surface area contributed by atoms with Gasteiger partial charge in [0.1, 0.15) is 0 Å². The van der Waals surface area contributed by atoms with Crippen molar-refractivity contribution in [2.45, 2.75) is 19.5 Å². The summed E-state index contributed by atoms with van der Waals surface area (Å²) < 4.78 is 14.0. The quantitative estimate of drug-likeness (QED) is 0.675. The first-order valence-electron chi connectivity index (χ1n) is 6.11. The average Bonchev–Trinajstić information content (AvgIpc) is 2.41. The number of nitrogens with one attached hydrogen (secondary N) is 1. The van der Waals surface area contributed by atoms with E-state index in [1.54, 1.807) is 18.3 Å². The second-order valence-electron chi connectivity index (χ2n) is 4.61. The van der Waals surface area contributed by atoms with Gasteiger partial charge in [0.15, 0.2) is 4.77 Å². The van der Waals surface area contributed by atoms with E-state index in [2.05, 4.69) is 19.9 Å². The van der Waals surface area contributed by atoms with Gasteiger partial charge in [0.25, 0.3) is 0 Å². The van der Waals surface area contributed by atoms with Crippen molar-refractivity contribution >= 4 is 12.2 Å². The molecule has 0 unspecified atom stereocenters. The van der Waals surface area contributed by atoms with Crippen LogP contribution in [0, 0.1) is 10.7 Å². The molecule has 3 heterocycles. The van der Waals surface area contributed by atoms with Crippen LogP contribution >= 0.6 is 12.2 Å². The molecule has 0 spiro atoms. The van der Waals surface area contributed by atoms with Gasteiger partial charge in [-0.15, -0.1) is 0 Å². The maximum atomic E-state index is 13.5. The number of hydrogen-bond donors (Lipinski definition) is 1. The molecule has 3 rings (SSSR count). The molecule has 0 atom stereocenters. The predicted octanol–water partition coefficient (Wildman–Crippen LogP) is 2.23. The van der Waals surface area contributed by atoms with Crippen molar-refractivity contribution in [2.24, 2.45) is 0 Å². The zero-order chi connectivity index (χ0) is 13.2. The summed E-state index contributed by atoms with van der Waals surface area (Å²) in [5.41, 5.74) is 2.90. The van der Waals surface area contributed by atoms with Crippen LogP contribution in [-0.4, -0.2) is 26.4 Å². The molecular weight excluding hydrogens is 263 g/mol. The monoisotopic (exact) mass is 276 g/mol. The van der Waals surface area contributed by atoms with Gasteiger partial charge in [0, 0.05) is 55.3 Å². The Hall–Kier alpha value is -1.66. The Morgan fingerprint density at radius 1 is 1.42 bits per heavy atom. The summed E-state index contributed by atoms with van der Waals surface area (Å²) in [6.07, 6.45) is 4.15. The summed E-state index contributed by atoms with van der Waals surface area (Å²) in [5.74, 6) is -0.390. The van der Waals surface area contributed by atoms with Gasteiger partial charge in [-0.1, -0.05) is 6.07 Å². The highest BCUT2D eigenvalue weighted by Crippen LogP contribution is 2.18. The van der Waals surface area contributed by atoms with Gasteiger partial charge in [0.2, 0.25) is 5.95 Å². The Labute approximate surface area is 115 Å². The van der Waals surface area contributed by atoms with Crippen molar-refractivity contribution in [3.05, 3.63) is 52.1 Å². The lowest BCUT2D eigenvalue weighted by molar-refractivity contribution is 0.238. The third kappa shape index (κ3) is 2.69. The molecule has 0 aliphatic carbocycles. The van der Waals surface area contributed by atoms with Crippen molar-refractivity contribution < 1.29 is 4.39 Å². The van der Waals surface area contributed by atoms with E-state index in [4.69, 9.17) is 12.2 Å². The van der Waals surface area contributed by atoms with E-state index in [0.717, 1.165) is 30.8 Å². The summed E-state index contributed by atoms with van der Waals surface area (Å²) in [4.78, 5) is 13.1. The molecule has 1 aliphatic rings. The minimum absolute atomic E-state index is 0.390. The molecule has 1 N–H and O–H groups in total. The van der Waals surface area contributed by atoms with Crippen molar-refractivity contribution in [3.8, 4) is 0 Å². The molecule has 0 radical (unpaired) electrons. The predicted molar refractivity (Wildman–Crippen MR) is 71.4 cm³/mol. The first-order valence-corrected chi connectivity index (χ1v) is 6.52. The Kier molecular flexibility index (Phi) is 3.35. The second-order valence-corrected chi connectivity index (χ2v) is 4.99. The first-order chi connectivity index (χ1) is 9.22. The molecule has 0 saturated carbocycles. The van der Waals surface area contributed by atoms with Crippen LogP contribution in [0.15, 0.2) is 24.5 Å². The lowest BCUT2D eigenvalue weighted by Crippen LogP contribution is -2.31. The first kappa shape index (κ1) is 12.4. The van der Waals surface area contributed by atoms with E-state index in [9.17, 15) is 4.39 Å². The Morgan fingerprint density at radius 3 is 3.16 bits per heavy atom. The number of halogens is 1. The molecule has 0 bridgehead atoms. The van der Waals surface area contributed by atoms with Crippen LogP contribution < -0.4 is 0 Å². The van der Waals surface area contributed by atoms with Crippen LogP contribution in [-0.2, 0) is 19.5 Å². The smallest absolute Gasteiger partial charge is 0.217 e. The van der Waals surface area contributed by atoms with Gasteiger partial charge in [-0.3, -0.25) is 4.90 Å². The average molecular weight is 276 g/mol. The summed E-state index contributed by atoms with van der Waals surface area (Å²) in [7, 11) is 0. The number of H-pyrrole nitrogens is 1. The SMILES string of the molecule is Fc1ncccc1CN1CCc2[nH]c(=S)ncc2C1. The zero-order valence-electron chi connectivity index (χ0n) is 10.3. The lowest BCUT2D eigenvalue weighted by atomic mass is 10.1. The van der Waals surface area contributed by atoms with E-state index in [1.165, 1.54) is 6.20 Å². The molecule has 0 amide bonds. The lowest BCUT2D eigenvalue weighted by Gasteiger charge is -2.28. The molecule has 6 heteroatoms. The molecule has 98 valence electrons. The fraction of sp³-hybridized carbons (Fsp3) is 0.308. The van der Waals surface area contributed by atoms with E-state index >= 15 is 0 Å². The molecule has 0 fully saturated rings. The molecular formula is C13H13FN4S. The minimum Gasteiger partial charge on any atom is -0.334 e. The minimum atomic E-state index is -0.390. The van der Waals surface area contributed by atoms with Crippen molar-refractivity contribution in [3.63, 3.8) is 0 Å². The van der Waals surface area contributed by atoms with Gasteiger partial charge in [-0.05, 0) is 18.3 Å². The van der Waals surface area contributed by atoms with E-state index in [-0.39, 0.29) is 5.95 Å². The number of aromatic amines is 1. The largest absolute Gasteiger partial charge is 0.334 e. The Bertz CT molecular complexity index is 655. The van der Waals surface area contributed by atoms with Crippen molar-refractivity contribution in [1.82, 2.24) is 19.9 Å². The molecule has 1 aliphatic heterocycles. The number of pyridine rings is 1. The summed E-state index contributed by atoms with van der Waals surface area (Å²) in [6.45, 7) is 2.19. The van der Waals surface area contributed by atoms with Gasteiger partial charge in [0.05, 0.1) is 0 Å². The molecule has 4 nitrogen and oxygen atoms in total. The van der Waals surface area contributed by atoms with Crippen molar-refractivity contribution in [2.75, 3.05) is 6.54 Å². The summed E-state index contributed by atoms with van der Waals surface area (Å²) in [5, 5.41) is 0. The third-order valence-corrected chi connectivity index (χ3v) is 3.49. The maximum absolute atomic E-state index is 13.5. The normalized spacial score (nSPS) is 15.2. The van der Waals surface area contributed by atoms with Gasteiger partial charge in [-0.2, -0.15) is 4.39 Å². The topological polar surface area (TPSA) is 44.8 Å². The number of fused-ring (bicyclic) bond motifs is 1. The van der Waals surface area contributed by atoms with Crippen LogP contribution in [0.5, 0.6) is 0 Å². The standard InChI is InChI=1S/C13H13FN4S/c14-12-9(2-1-4-15-12)7-18-5-3-11-10(8-18)6-16-13(19)17-11/h1-2,4,6H,3,5,7-8H2,(H,16,17,19). The second kappa shape index (κ2) is 5.14. The van der Waals surface area contributed by atoms with Crippen molar-refractivity contribution in [1.29, 1.82) is 0 Å². The van der Waals surface area contributed by atoms with Crippen LogP contribution in [0.25, 0.3) is 0 Å². The number of nitrogens with zero attached hydrogens (tertiary/aromatic N) is 3. The Morgan fingerprint density at radius 2 is 2.32 bits per heavy atom. The fourth-order valence-electron chi connectivity index (χ4n) is 2.32. The fourth-order valence-corrected chi connectivity index (χ4v) is 2.49. The highest BCUT2D eigenvalue weighted by atomic mass is 32.1. The van der Waals surface area contributed by atoms with Crippen LogP contribution in [0.2, 0.25) is 0 Å². The third-order valence-electron chi connectivity index (χ3n) is 3.29. The van der Waals surface area contributed by atoms with Gasteiger partial charge < -0.3 is 4.98 Å². The number of hydrogen-bond acceptors (Lipinski definition) is 4. The van der Waals surface area contributed by atoms with Gasteiger partial charge >= 0.3 is 0 Å². The van der Waals surface area contributed by atoms with Crippen LogP contribution in [0.1, 0.15) is 16.8 Å². The number of rotatable bonds is 2. The number of aromatic nitrogens is 3. The van der Waals surface area contributed by atoms with E-state index < -0.39 is 0 Å². The molecule has 19 heavy (non-hydrogen) atoms. The molecule has 2 aromatic heterocycles. The highest BCUT2D eigenvalue weighted by Gasteiger charge is 2.18. The van der Waals surface area contributed by atoms with Gasteiger partial charge in [-0.25, -0.2) is 9.97 Å². The molecule has 0 aromatic carbocycles. The van der Waals surface area contributed by atoms with Crippen LogP contribution in [0.3, 0.4) is 0 Å². The van der Waals surface area contributed by atoms with E-state index in [1.807, 2.05) is 0 Å². The maximum Gasteiger partial charge on any atom is 0.217 e.